The summed E-state index contributed by atoms with van der Waals surface area (Å²) in [5, 5.41) is 2.86. The van der Waals surface area contributed by atoms with Gasteiger partial charge in [0.15, 0.2) is 0 Å². The molecule has 0 N–H and O–H groups in total. The summed E-state index contributed by atoms with van der Waals surface area (Å²) in [6.45, 7) is 6.84. The number of aryl methyl sites for hydroxylation is 2. The third kappa shape index (κ3) is 4.21. The first kappa shape index (κ1) is 22.5. The maximum absolute atomic E-state index is 2.65. The number of benzene rings is 2. The number of hydrogen-bond acceptors (Lipinski definition) is 1. The summed E-state index contributed by atoms with van der Waals surface area (Å²) in [6, 6.07) is 18.2. The monoisotopic (exact) mass is 458 g/mol. The lowest BCUT2D eigenvalue weighted by Crippen LogP contribution is -2.01. The predicted molar refractivity (Wildman–Crippen MR) is 148 cm³/mol. The molecule has 0 fully saturated rings. The predicted octanol–water partition coefficient (Wildman–Crippen LogP) is 9.90. The molecule has 0 unspecified atom stereocenters. The highest BCUT2D eigenvalue weighted by Gasteiger charge is 2.22. The molecule has 3 heteroatoms. The molecule has 0 amide bonds. The lowest BCUT2D eigenvalue weighted by atomic mass is 10.1. The fourth-order valence-electron chi connectivity index (χ4n) is 5.53. The number of nitrogens with zero attached hydrogens (tertiary/aromatic N) is 2. The summed E-state index contributed by atoms with van der Waals surface area (Å²) in [5.74, 6) is 0. The first-order valence-electron chi connectivity index (χ1n) is 13.3. The van der Waals surface area contributed by atoms with Crippen molar-refractivity contribution in [2.75, 3.05) is 0 Å². The second-order valence-corrected chi connectivity index (χ2v) is 10.6. The Hall–Kier alpha value is -2.26. The molecule has 2 aromatic carbocycles. The summed E-state index contributed by atoms with van der Waals surface area (Å²) >= 11 is 2.02. The van der Waals surface area contributed by atoms with Crippen molar-refractivity contribution in [1.29, 1.82) is 0 Å². The molecule has 3 aromatic heterocycles. The number of hydrogen-bond donors (Lipinski definition) is 0. The van der Waals surface area contributed by atoms with Crippen LogP contribution in [-0.4, -0.2) is 9.13 Å². The van der Waals surface area contributed by atoms with Crippen molar-refractivity contribution in [1.82, 2.24) is 9.13 Å². The lowest BCUT2D eigenvalue weighted by molar-refractivity contribution is 0.580. The van der Waals surface area contributed by atoms with Crippen LogP contribution in [0.1, 0.15) is 78.1 Å². The molecule has 0 spiro atoms. The van der Waals surface area contributed by atoms with E-state index in [0.717, 1.165) is 13.1 Å². The van der Waals surface area contributed by atoms with Crippen LogP contribution >= 0.6 is 11.3 Å². The zero-order valence-electron chi connectivity index (χ0n) is 20.4. The molecule has 5 rings (SSSR count). The zero-order valence-corrected chi connectivity index (χ0v) is 21.2. The van der Waals surface area contributed by atoms with E-state index in [2.05, 4.69) is 71.5 Å². The highest BCUT2D eigenvalue weighted by atomic mass is 32.1. The van der Waals surface area contributed by atoms with Crippen LogP contribution in [0, 0.1) is 0 Å². The van der Waals surface area contributed by atoms with Crippen molar-refractivity contribution in [3.63, 3.8) is 0 Å². The van der Waals surface area contributed by atoms with Gasteiger partial charge in [0, 0.05) is 34.9 Å². The minimum Gasteiger partial charge on any atom is -0.338 e. The van der Waals surface area contributed by atoms with Gasteiger partial charge in [-0.05, 0) is 25.0 Å². The first-order valence-corrected chi connectivity index (χ1v) is 14.1. The summed E-state index contributed by atoms with van der Waals surface area (Å²) < 4.78 is 8.27. The molecule has 0 aliphatic heterocycles. The average Bonchev–Trinajstić information content (AvgIpc) is 3.46. The Kier molecular flexibility index (Phi) is 7.06. The molecule has 5 aromatic rings. The Bertz CT molecular complexity index is 1250. The summed E-state index contributed by atoms with van der Waals surface area (Å²) in [7, 11) is 0. The molecule has 0 radical (unpaired) electrons. The van der Waals surface area contributed by atoms with E-state index in [9.17, 15) is 0 Å². The van der Waals surface area contributed by atoms with Crippen LogP contribution in [0.5, 0.6) is 0 Å². The molecular formula is C30H38N2S. The summed E-state index contributed by atoms with van der Waals surface area (Å²) in [4.78, 5) is 0. The van der Waals surface area contributed by atoms with Gasteiger partial charge in [-0.3, -0.25) is 0 Å². The van der Waals surface area contributed by atoms with Crippen molar-refractivity contribution in [2.45, 2.75) is 91.1 Å². The first-order chi connectivity index (χ1) is 16.3. The molecule has 2 nitrogen and oxygen atoms in total. The van der Waals surface area contributed by atoms with Crippen molar-refractivity contribution in [3.8, 4) is 0 Å². The zero-order chi connectivity index (χ0) is 22.6. The van der Waals surface area contributed by atoms with Gasteiger partial charge in [0.25, 0.3) is 0 Å². The molecular weight excluding hydrogens is 420 g/mol. The Balaban J connectivity index is 1.63. The van der Waals surface area contributed by atoms with Gasteiger partial charge in [-0.2, -0.15) is 0 Å². The van der Waals surface area contributed by atoms with Gasteiger partial charge in [0.2, 0.25) is 0 Å². The molecule has 0 aliphatic carbocycles. The molecule has 0 saturated heterocycles. The number of unbranched alkanes of at least 4 members (excludes halogenated alkanes) is 8. The van der Waals surface area contributed by atoms with Crippen LogP contribution < -0.4 is 0 Å². The number of thiophene rings is 1. The van der Waals surface area contributed by atoms with E-state index in [1.165, 1.54) is 106 Å². The molecule has 0 bridgehead atoms. The fourth-order valence-corrected chi connectivity index (χ4v) is 6.91. The van der Waals surface area contributed by atoms with Crippen LogP contribution in [0.2, 0.25) is 0 Å². The van der Waals surface area contributed by atoms with Crippen LogP contribution in [0.15, 0.2) is 48.5 Å². The minimum absolute atomic E-state index is 1.12. The van der Waals surface area contributed by atoms with Gasteiger partial charge in [-0.15, -0.1) is 11.3 Å². The molecule has 3 heterocycles. The SMILES string of the molecule is CCCCCCCn1c2ccccc2c2sc3c4ccccc4n(CCCCCCC)c3c21. The van der Waals surface area contributed by atoms with Crippen LogP contribution in [0.3, 0.4) is 0 Å². The highest BCUT2D eigenvalue weighted by Crippen LogP contribution is 2.45. The third-order valence-electron chi connectivity index (χ3n) is 7.25. The van der Waals surface area contributed by atoms with Gasteiger partial charge in [0.1, 0.15) is 0 Å². The van der Waals surface area contributed by atoms with Crippen LogP contribution in [0.4, 0.5) is 0 Å². The largest absolute Gasteiger partial charge is 0.338 e. The van der Waals surface area contributed by atoms with Crippen molar-refractivity contribution in [3.05, 3.63) is 48.5 Å². The normalized spacial score (nSPS) is 12.2. The van der Waals surface area contributed by atoms with Gasteiger partial charge >= 0.3 is 0 Å². The maximum atomic E-state index is 2.65. The van der Waals surface area contributed by atoms with Gasteiger partial charge in [-0.25, -0.2) is 0 Å². The topological polar surface area (TPSA) is 9.86 Å². The van der Waals surface area contributed by atoms with E-state index in [1.54, 1.807) is 0 Å². The average molecular weight is 459 g/mol. The number of para-hydroxylation sites is 2. The van der Waals surface area contributed by atoms with Gasteiger partial charge in [-0.1, -0.05) is 102 Å². The second kappa shape index (κ2) is 10.3. The van der Waals surface area contributed by atoms with Crippen molar-refractivity contribution in [2.24, 2.45) is 0 Å². The summed E-state index contributed by atoms with van der Waals surface area (Å²) in [6.07, 6.45) is 13.2. The lowest BCUT2D eigenvalue weighted by Gasteiger charge is -2.10. The van der Waals surface area contributed by atoms with E-state index in [-0.39, 0.29) is 0 Å². The molecule has 0 aliphatic rings. The Morgan fingerprint density at radius 2 is 0.970 bits per heavy atom. The molecule has 0 saturated carbocycles. The number of aromatic nitrogens is 2. The Morgan fingerprint density at radius 1 is 0.545 bits per heavy atom. The highest BCUT2D eigenvalue weighted by molar-refractivity contribution is 7.27. The number of rotatable bonds is 12. The quantitative estimate of drug-likeness (QED) is 0.165. The van der Waals surface area contributed by atoms with Crippen molar-refractivity contribution >= 4 is 53.6 Å². The van der Waals surface area contributed by atoms with E-state index >= 15 is 0 Å². The van der Waals surface area contributed by atoms with Gasteiger partial charge < -0.3 is 9.13 Å². The second-order valence-electron chi connectivity index (χ2n) is 9.62. The van der Waals surface area contributed by atoms with E-state index in [4.69, 9.17) is 0 Å². The Labute approximate surface area is 202 Å². The van der Waals surface area contributed by atoms with Crippen LogP contribution in [-0.2, 0) is 13.1 Å². The van der Waals surface area contributed by atoms with Crippen molar-refractivity contribution < 1.29 is 0 Å². The van der Waals surface area contributed by atoms with E-state index in [1.807, 2.05) is 11.3 Å². The standard InChI is InChI=1S/C30H38N2S/c1-3-5-7-9-15-21-31-25-19-13-11-17-23(25)29-27(31)28-30(33-29)24-18-12-14-20-26(24)32(28)22-16-10-8-6-4-2/h11-14,17-20H,3-10,15-16,21-22H2,1-2H3. The number of fused-ring (bicyclic) bond motifs is 7. The molecule has 0 atom stereocenters. The maximum Gasteiger partial charge on any atom is 0.0849 e. The minimum atomic E-state index is 1.12. The molecule has 174 valence electrons. The fraction of sp³-hybridized carbons (Fsp3) is 0.467. The van der Waals surface area contributed by atoms with E-state index in [0.29, 0.717) is 0 Å². The third-order valence-corrected chi connectivity index (χ3v) is 8.48. The van der Waals surface area contributed by atoms with Gasteiger partial charge in [0.05, 0.1) is 20.4 Å². The summed E-state index contributed by atoms with van der Waals surface area (Å²) in [5.41, 5.74) is 5.79. The van der Waals surface area contributed by atoms with E-state index < -0.39 is 0 Å². The molecule has 33 heavy (non-hydrogen) atoms. The van der Waals surface area contributed by atoms with Crippen LogP contribution in [0.25, 0.3) is 42.2 Å². The smallest absolute Gasteiger partial charge is 0.0849 e. The Morgan fingerprint density at radius 3 is 1.42 bits per heavy atom.